The van der Waals surface area contributed by atoms with Crippen LogP contribution in [0.4, 0.5) is 13.2 Å². The summed E-state index contributed by atoms with van der Waals surface area (Å²) in [6, 6.07) is 13.7. The van der Waals surface area contributed by atoms with E-state index in [1.54, 1.807) is 23.9 Å². The molecule has 0 saturated carbocycles. The smallest absolute Gasteiger partial charge is 0.469 e. The maximum Gasteiger partial charge on any atom is 0.490 e. The minimum Gasteiger partial charge on any atom is -0.469 e. The van der Waals surface area contributed by atoms with Crippen molar-refractivity contribution in [2.75, 3.05) is 0 Å². The Bertz CT molecular complexity index is 1370. The van der Waals surface area contributed by atoms with Crippen LogP contribution in [0.15, 0.2) is 53.1 Å². The number of benzene rings is 2. The molecule has 0 bridgehead atoms. The standard InChI is InChI=1S/C27H28F3N3O3/c1-15-11-16(2)23(17(3)12-15)20-8-5-9-21-24(20)32-33(4)25(21)18(13-19-7-6-10-35-19)14-22(31)36-26(34)27(28,29)30/h5-12,18,22H,13-14,31H2,1-4H3. The Morgan fingerprint density at radius 2 is 1.83 bits per heavy atom. The number of hydrogen-bond acceptors (Lipinski definition) is 5. The number of carbonyl (C=O) groups excluding carboxylic acids is 1. The molecule has 4 rings (SSSR count). The SMILES string of the molecule is Cc1cc(C)c(-c2cccc3c(C(Cc4ccco4)CC(N)OC(=O)C(F)(F)F)n(C)nc23)c(C)c1. The summed E-state index contributed by atoms with van der Waals surface area (Å²) in [5, 5.41) is 5.66. The number of nitrogens with zero attached hydrogens (tertiary/aromatic N) is 2. The van der Waals surface area contributed by atoms with Gasteiger partial charge in [0.2, 0.25) is 0 Å². The summed E-state index contributed by atoms with van der Waals surface area (Å²) in [4.78, 5) is 11.4. The molecule has 0 radical (unpaired) electrons. The highest BCUT2D eigenvalue weighted by Crippen LogP contribution is 2.38. The molecule has 2 heterocycles. The van der Waals surface area contributed by atoms with E-state index in [2.05, 4.69) is 37.6 Å². The molecule has 0 spiro atoms. The molecule has 2 aromatic heterocycles. The number of ether oxygens (including phenoxy) is 1. The molecule has 0 saturated heterocycles. The van der Waals surface area contributed by atoms with Gasteiger partial charge in [-0.25, -0.2) is 4.79 Å². The third kappa shape index (κ3) is 5.16. The summed E-state index contributed by atoms with van der Waals surface area (Å²) in [6.07, 6.45) is -4.77. The van der Waals surface area contributed by atoms with Crippen molar-refractivity contribution in [3.8, 4) is 11.1 Å². The van der Waals surface area contributed by atoms with Crippen LogP contribution in [0.1, 0.15) is 40.5 Å². The number of furan rings is 1. The minimum absolute atomic E-state index is 0.0516. The van der Waals surface area contributed by atoms with Crippen molar-refractivity contribution in [2.24, 2.45) is 12.8 Å². The van der Waals surface area contributed by atoms with E-state index < -0.39 is 24.3 Å². The fourth-order valence-corrected chi connectivity index (χ4v) is 5.02. The minimum atomic E-state index is -5.12. The monoisotopic (exact) mass is 499 g/mol. The number of hydrogen-bond donors (Lipinski definition) is 1. The summed E-state index contributed by atoms with van der Waals surface area (Å²) < 4.78 is 49.9. The second-order valence-corrected chi connectivity index (χ2v) is 9.14. The predicted octanol–water partition coefficient (Wildman–Crippen LogP) is 5.87. The number of nitrogens with two attached hydrogens (primary N) is 1. The van der Waals surface area contributed by atoms with E-state index in [0.717, 1.165) is 38.9 Å². The molecule has 2 aromatic carbocycles. The van der Waals surface area contributed by atoms with Gasteiger partial charge < -0.3 is 9.15 Å². The Balaban J connectivity index is 1.79. The molecule has 0 aliphatic rings. The first kappa shape index (κ1) is 25.5. The van der Waals surface area contributed by atoms with Crippen LogP contribution in [0.2, 0.25) is 0 Å². The first-order valence-electron chi connectivity index (χ1n) is 11.5. The van der Waals surface area contributed by atoms with Crippen LogP contribution in [-0.2, 0) is 23.0 Å². The van der Waals surface area contributed by atoms with Crippen molar-refractivity contribution in [3.63, 3.8) is 0 Å². The maximum atomic E-state index is 12.7. The summed E-state index contributed by atoms with van der Waals surface area (Å²) in [6.45, 7) is 6.18. The number of aromatic nitrogens is 2. The Hall–Kier alpha value is -3.59. The lowest BCUT2D eigenvalue weighted by Crippen LogP contribution is -2.36. The van der Waals surface area contributed by atoms with Crippen LogP contribution >= 0.6 is 0 Å². The van der Waals surface area contributed by atoms with Gasteiger partial charge in [-0.3, -0.25) is 10.4 Å². The molecule has 4 aromatic rings. The lowest BCUT2D eigenvalue weighted by molar-refractivity contribution is -0.205. The van der Waals surface area contributed by atoms with Crippen molar-refractivity contribution < 1.29 is 27.1 Å². The van der Waals surface area contributed by atoms with Crippen LogP contribution in [0.3, 0.4) is 0 Å². The fraction of sp³-hybridized carbons (Fsp3) is 0.333. The summed E-state index contributed by atoms with van der Waals surface area (Å²) in [5.74, 6) is -2.11. The molecular weight excluding hydrogens is 471 g/mol. The molecule has 2 atom stereocenters. The van der Waals surface area contributed by atoms with Crippen LogP contribution < -0.4 is 5.73 Å². The van der Waals surface area contributed by atoms with E-state index in [1.807, 2.05) is 18.2 Å². The van der Waals surface area contributed by atoms with Gasteiger partial charge in [0.05, 0.1) is 6.26 Å². The lowest BCUT2D eigenvalue weighted by Gasteiger charge is -2.22. The quantitative estimate of drug-likeness (QED) is 0.254. The fourth-order valence-electron chi connectivity index (χ4n) is 5.02. The second-order valence-electron chi connectivity index (χ2n) is 9.14. The first-order chi connectivity index (χ1) is 17.0. The van der Waals surface area contributed by atoms with Gasteiger partial charge in [0, 0.05) is 42.5 Å². The van der Waals surface area contributed by atoms with Crippen molar-refractivity contribution in [3.05, 3.63) is 76.9 Å². The van der Waals surface area contributed by atoms with Crippen LogP contribution in [-0.4, -0.2) is 28.2 Å². The average Bonchev–Trinajstić information content (AvgIpc) is 3.39. The molecule has 0 aliphatic heterocycles. The summed E-state index contributed by atoms with van der Waals surface area (Å²) >= 11 is 0. The van der Waals surface area contributed by atoms with Crippen molar-refractivity contribution >= 4 is 16.9 Å². The molecule has 9 heteroatoms. The summed E-state index contributed by atoms with van der Waals surface area (Å²) in [7, 11) is 1.79. The number of fused-ring (bicyclic) bond motifs is 1. The highest BCUT2D eigenvalue weighted by Gasteiger charge is 2.42. The van der Waals surface area contributed by atoms with Gasteiger partial charge >= 0.3 is 12.1 Å². The maximum absolute atomic E-state index is 12.7. The molecule has 6 nitrogen and oxygen atoms in total. The Morgan fingerprint density at radius 3 is 2.44 bits per heavy atom. The van der Waals surface area contributed by atoms with Crippen molar-refractivity contribution in [1.82, 2.24) is 9.78 Å². The van der Waals surface area contributed by atoms with E-state index in [1.165, 1.54) is 11.8 Å². The lowest BCUT2D eigenvalue weighted by atomic mass is 9.89. The molecule has 2 N–H and O–H groups in total. The number of esters is 1. The molecule has 190 valence electrons. The third-order valence-electron chi connectivity index (χ3n) is 6.28. The van der Waals surface area contributed by atoms with Gasteiger partial charge in [-0.15, -0.1) is 0 Å². The number of rotatable bonds is 7. The number of aryl methyl sites for hydroxylation is 4. The predicted molar refractivity (Wildman–Crippen MR) is 130 cm³/mol. The molecule has 36 heavy (non-hydrogen) atoms. The Labute approximate surface area is 206 Å². The first-order valence-corrected chi connectivity index (χ1v) is 11.5. The molecule has 0 amide bonds. The van der Waals surface area contributed by atoms with Crippen LogP contribution in [0.25, 0.3) is 22.0 Å². The van der Waals surface area contributed by atoms with E-state index in [4.69, 9.17) is 15.2 Å². The van der Waals surface area contributed by atoms with Gasteiger partial charge in [-0.05, 0) is 49.6 Å². The van der Waals surface area contributed by atoms with E-state index in [-0.39, 0.29) is 6.42 Å². The topological polar surface area (TPSA) is 83.3 Å². The van der Waals surface area contributed by atoms with E-state index in [9.17, 15) is 18.0 Å². The largest absolute Gasteiger partial charge is 0.490 e. The number of halogens is 3. The highest BCUT2D eigenvalue weighted by atomic mass is 19.4. The van der Waals surface area contributed by atoms with Gasteiger partial charge in [0.25, 0.3) is 0 Å². The van der Waals surface area contributed by atoms with Crippen LogP contribution in [0, 0.1) is 20.8 Å². The Morgan fingerprint density at radius 1 is 1.14 bits per heavy atom. The zero-order valence-corrected chi connectivity index (χ0v) is 20.5. The van der Waals surface area contributed by atoms with E-state index in [0.29, 0.717) is 12.2 Å². The van der Waals surface area contributed by atoms with Crippen LogP contribution in [0.5, 0.6) is 0 Å². The molecular formula is C27H28F3N3O3. The van der Waals surface area contributed by atoms with Gasteiger partial charge in [-0.2, -0.15) is 18.3 Å². The van der Waals surface area contributed by atoms with E-state index >= 15 is 0 Å². The van der Waals surface area contributed by atoms with Gasteiger partial charge in [-0.1, -0.05) is 35.9 Å². The third-order valence-corrected chi connectivity index (χ3v) is 6.28. The second kappa shape index (κ2) is 9.81. The normalized spacial score (nSPS) is 13.7. The number of alkyl halides is 3. The molecule has 0 aliphatic carbocycles. The average molecular weight is 500 g/mol. The highest BCUT2D eigenvalue weighted by molar-refractivity contribution is 5.97. The van der Waals surface area contributed by atoms with Crippen molar-refractivity contribution in [1.29, 1.82) is 0 Å². The van der Waals surface area contributed by atoms with Gasteiger partial charge in [0.15, 0.2) is 6.23 Å². The zero-order valence-electron chi connectivity index (χ0n) is 20.5. The molecule has 0 fully saturated rings. The van der Waals surface area contributed by atoms with Gasteiger partial charge in [0.1, 0.15) is 11.3 Å². The zero-order chi connectivity index (χ0) is 26.2. The number of carbonyl (C=O) groups is 1. The van der Waals surface area contributed by atoms with Crippen molar-refractivity contribution in [2.45, 2.75) is 51.9 Å². The summed E-state index contributed by atoms with van der Waals surface area (Å²) in [5.41, 5.74) is 12.9. The Kier molecular flexibility index (Phi) is 6.95. The molecule has 2 unspecified atom stereocenters.